The van der Waals surface area contributed by atoms with Crippen molar-refractivity contribution in [2.45, 2.75) is 12.8 Å². The third-order valence-corrected chi connectivity index (χ3v) is 2.45. The number of nitrogen functional groups attached to an aromatic ring is 1. The van der Waals surface area contributed by atoms with Gasteiger partial charge in [0.1, 0.15) is 18.8 Å². The van der Waals surface area contributed by atoms with E-state index in [1.807, 2.05) is 0 Å². The average molecular weight is 222 g/mol. The minimum atomic E-state index is 0.200. The van der Waals surface area contributed by atoms with Gasteiger partial charge in [-0.25, -0.2) is 9.97 Å². The number of likely N-dealkylation sites (tertiary alicyclic amines) is 1. The number of hydrogen-bond acceptors (Lipinski definition) is 5. The minimum Gasteiger partial charge on any atom is -0.476 e. The first kappa shape index (κ1) is 10.7. The van der Waals surface area contributed by atoms with E-state index in [1.165, 1.54) is 6.33 Å². The molecule has 0 spiro atoms. The molecule has 6 nitrogen and oxygen atoms in total. The van der Waals surface area contributed by atoms with Gasteiger partial charge in [0.2, 0.25) is 11.8 Å². The van der Waals surface area contributed by atoms with E-state index >= 15 is 0 Å². The Labute approximate surface area is 93.4 Å². The fourth-order valence-electron chi connectivity index (χ4n) is 1.63. The number of aromatic nitrogens is 2. The van der Waals surface area contributed by atoms with Gasteiger partial charge < -0.3 is 15.4 Å². The molecule has 6 heteroatoms. The second-order valence-corrected chi connectivity index (χ2v) is 3.61. The lowest BCUT2D eigenvalue weighted by molar-refractivity contribution is -0.128. The molecule has 16 heavy (non-hydrogen) atoms. The number of nitrogens with two attached hydrogens (primary N) is 1. The summed E-state index contributed by atoms with van der Waals surface area (Å²) in [6, 6.07) is 1.56. The molecule has 0 bridgehead atoms. The Bertz CT molecular complexity index is 383. The number of carbonyl (C=O) groups is 1. The molecule has 0 saturated carbocycles. The van der Waals surface area contributed by atoms with Gasteiger partial charge in [0.25, 0.3) is 0 Å². The molecule has 1 amide bonds. The van der Waals surface area contributed by atoms with Crippen LogP contribution in [0.5, 0.6) is 5.88 Å². The maximum Gasteiger partial charge on any atom is 0.222 e. The summed E-state index contributed by atoms with van der Waals surface area (Å²) in [5.41, 5.74) is 5.48. The Morgan fingerprint density at radius 1 is 1.50 bits per heavy atom. The molecule has 0 aliphatic carbocycles. The second kappa shape index (κ2) is 4.78. The van der Waals surface area contributed by atoms with Gasteiger partial charge in [-0.15, -0.1) is 0 Å². The maximum atomic E-state index is 11.3. The molecular formula is C10H14N4O2. The van der Waals surface area contributed by atoms with Gasteiger partial charge >= 0.3 is 0 Å². The number of ether oxygens (including phenoxy) is 1. The summed E-state index contributed by atoms with van der Waals surface area (Å²) >= 11 is 0. The van der Waals surface area contributed by atoms with Crippen molar-refractivity contribution in [3.63, 3.8) is 0 Å². The Morgan fingerprint density at radius 3 is 3.06 bits per heavy atom. The molecule has 0 unspecified atom stereocenters. The summed E-state index contributed by atoms with van der Waals surface area (Å²) < 4.78 is 5.37. The van der Waals surface area contributed by atoms with Crippen LogP contribution in [0.25, 0.3) is 0 Å². The molecular weight excluding hydrogens is 208 g/mol. The molecule has 1 aliphatic heterocycles. The molecule has 86 valence electrons. The summed E-state index contributed by atoms with van der Waals surface area (Å²) in [6.07, 6.45) is 2.95. The molecule has 1 aromatic rings. The van der Waals surface area contributed by atoms with Crippen LogP contribution in [0.1, 0.15) is 12.8 Å². The van der Waals surface area contributed by atoms with Crippen molar-refractivity contribution in [3.8, 4) is 5.88 Å². The van der Waals surface area contributed by atoms with E-state index in [9.17, 15) is 4.79 Å². The first-order chi connectivity index (χ1) is 7.75. The first-order valence-corrected chi connectivity index (χ1v) is 5.24. The molecule has 2 heterocycles. The molecule has 1 fully saturated rings. The van der Waals surface area contributed by atoms with E-state index in [1.54, 1.807) is 11.0 Å². The lowest BCUT2D eigenvalue weighted by Gasteiger charge is -2.15. The second-order valence-electron chi connectivity index (χ2n) is 3.61. The predicted octanol–water partition coefficient (Wildman–Crippen LogP) is 0.0600. The molecule has 1 saturated heterocycles. The van der Waals surface area contributed by atoms with E-state index < -0.39 is 0 Å². The Kier molecular flexibility index (Phi) is 3.19. The highest BCUT2D eigenvalue weighted by Crippen LogP contribution is 2.10. The van der Waals surface area contributed by atoms with Gasteiger partial charge in [-0.2, -0.15) is 0 Å². The van der Waals surface area contributed by atoms with Crippen LogP contribution in [0.15, 0.2) is 12.4 Å². The van der Waals surface area contributed by atoms with Crippen LogP contribution in [-0.2, 0) is 4.79 Å². The van der Waals surface area contributed by atoms with Gasteiger partial charge in [0.15, 0.2) is 0 Å². The van der Waals surface area contributed by atoms with E-state index in [2.05, 4.69) is 9.97 Å². The van der Waals surface area contributed by atoms with Crippen molar-refractivity contribution < 1.29 is 9.53 Å². The number of rotatable bonds is 4. The van der Waals surface area contributed by atoms with E-state index in [4.69, 9.17) is 10.5 Å². The van der Waals surface area contributed by atoms with Crippen LogP contribution < -0.4 is 10.5 Å². The highest BCUT2D eigenvalue weighted by molar-refractivity contribution is 5.78. The van der Waals surface area contributed by atoms with E-state index in [0.29, 0.717) is 31.3 Å². The van der Waals surface area contributed by atoms with Gasteiger partial charge in [0, 0.05) is 19.0 Å². The Balaban J connectivity index is 1.77. The fourth-order valence-corrected chi connectivity index (χ4v) is 1.63. The lowest BCUT2D eigenvalue weighted by atomic mass is 10.4. The normalized spacial score (nSPS) is 15.5. The maximum absolute atomic E-state index is 11.3. The topological polar surface area (TPSA) is 81.3 Å². The predicted molar refractivity (Wildman–Crippen MR) is 57.8 cm³/mol. The van der Waals surface area contributed by atoms with Crippen LogP contribution in [-0.4, -0.2) is 40.5 Å². The molecule has 2 rings (SSSR count). The number of carbonyl (C=O) groups excluding carboxylic acids is 1. The average Bonchev–Trinajstić information content (AvgIpc) is 2.65. The highest BCUT2D eigenvalue weighted by Gasteiger charge is 2.19. The van der Waals surface area contributed by atoms with Crippen molar-refractivity contribution in [1.29, 1.82) is 0 Å². The highest BCUT2D eigenvalue weighted by atomic mass is 16.5. The molecule has 1 aromatic heterocycles. The third-order valence-electron chi connectivity index (χ3n) is 2.45. The van der Waals surface area contributed by atoms with Crippen molar-refractivity contribution in [2.75, 3.05) is 25.4 Å². The van der Waals surface area contributed by atoms with Crippen molar-refractivity contribution in [2.24, 2.45) is 0 Å². The van der Waals surface area contributed by atoms with Crippen LogP contribution >= 0.6 is 0 Å². The summed E-state index contributed by atoms with van der Waals surface area (Å²) in [6.45, 7) is 1.86. The van der Waals surface area contributed by atoms with Crippen molar-refractivity contribution >= 4 is 11.7 Å². The summed E-state index contributed by atoms with van der Waals surface area (Å²) in [4.78, 5) is 20.8. The number of anilines is 1. The van der Waals surface area contributed by atoms with Crippen molar-refractivity contribution in [1.82, 2.24) is 14.9 Å². The third kappa shape index (κ3) is 2.59. The molecule has 1 aliphatic rings. The quantitative estimate of drug-likeness (QED) is 0.779. The summed E-state index contributed by atoms with van der Waals surface area (Å²) in [7, 11) is 0. The van der Waals surface area contributed by atoms with Crippen LogP contribution in [0.4, 0.5) is 5.82 Å². The summed E-state index contributed by atoms with van der Waals surface area (Å²) in [5, 5.41) is 0. The first-order valence-electron chi connectivity index (χ1n) is 5.24. The van der Waals surface area contributed by atoms with Crippen LogP contribution in [0.3, 0.4) is 0 Å². The van der Waals surface area contributed by atoms with Gasteiger partial charge in [-0.05, 0) is 6.42 Å². The largest absolute Gasteiger partial charge is 0.476 e. The van der Waals surface area contributed by atoms with Crippen LogP contribution in [0.2, 0.25) is 0 Å². The monoisotopic (exact) mass is 222 g/mol. The zero-order chi connectivity index (χ0) is 11.4. The lowest BCUT2D eigenvalue weighted by Crippen LogP contribution is -2.29. The fraction of sp³-hybridized carbons (Fsp3) is 0.500. The van der Waals surface area contributed by atoms with E-state index in [-0.39, 0.29) is 5.91 Å². The van der Waals surface area contributed by atoms with Crippen LogP contribution in [0, 0.1) is 0 Å². The van der Waals surface area contributed by atoms with Crippen molar-refractivity contribution in [3.05, 3.63) is 12.4 Å². The number of nitrogens with zero attached hydrogens (tertiary/aromatic N) is 3. The van der Waals surface area contributed by atoms with Gasteiger partial charge in [0.05, 0.1) is 6.54 Å². The van der Waals surface area contributed by atoms with Gasteiger partial charge in [-0.3, -0.25) is 4.79 Å². The van der Waals surface area contributed by atoms with Gasteiger partial charge in [-0.1, -0.05) is 0 Å². The smallest absolute Gasteiger partial charge is 0.222 e. The molecule has 0 radical (unpaired) electrons. The minimum absolute atomic E-state index is 0.200. The zero-order valence-electron chi connectivity index (χ0n) is 8.93. The Hall–Kier alpha value is -1.85. The Morgan fingerprint density at radius 2 is 2.38 bits per heavy atom. The molecule has 2 N–H and O–H groups in total. The molecule has 0 aromatic carbocycles. The standard InChI is InChI=1S/C10H14N4O2/c11-8-6-9(13-7-12-8)16-5-4-14-3-1-2-10(14)15/h6-7H,1-5H2,(H2,11,12,13). The summed E-state index contributed by atoms with van der Waals surface area (Å²) in [5.74, 6) is 1.02. The zero-order valence-corrected chi connectivity index (χ0v) is 8.93. The number of amides is 1. The SMILES string of the molecule is Nc1cc(OCCN2CCCC2=O)ncn1. The van der Waals surface area contributed by atoms with E-state index in [0.717, 1.165) is 13.0 Å². The molecule has 0 atom stereocenters. The number of hydrogen-bond donors (Lipinski definition) is 1.